The summed E-state index contributed by atoms with van der Waals surface area (Å²) in [4.78, 5) is 11.4. The van der Waals surface area contributed by atoms with E-state index in [1.165, 1.54) is 6.20 Å². The summed E-state index contributed by atoms with van der Waals surface area (Å²) in [7, 11) is 1.58. The highest BCUT2D eigenvalue weighted by atomic mass is 16.5. The van der Waals surface area contributed by atoms with Gasteiger partial charge in [0.1, 0.15) is 17.0 Å². The van der Waals surface area contributed by atoms with Gasteiger partial charge in [0.25, 0.3) is 0 Å². The lowest BCUT2D eigenvalue weighted by Gasteiger charge is -2.12. The molecular formula is C16H18N2O3. The number of nitrogens with zero attached hydrogens (tertiary/aromatic N) is 2. The van der Waals surface area contributed by atoms with Crippen LogP contribution in [0.25, 0.3) is 11.8 Å². The van der Waals surface area contributed by atoms with Crippen LogP contribution in [0.3, 0.4) is 0 Å². The van der Waals surface area contributed by atoms with Crippen LogP contribution in [0.4, 0.5) is 0 Å². The van der Waals surface area contributed by atoms with Crippen LogP contribution in [0, 0.1) is 6.92 Å². The molecule has 2 rings (SSSR count). The van der Waals surface area contributed by atoms with E-state index < -0.39 is 5.97 Å². The molecule has 0 radical (unpaired) electrons. The van der Waals surface area contributed by atoms with Crippen LogP contribution in [0.5, 0.6) is 5.75 Å². The van der Waals surface area contributed by atoms with Gasteiger partial charge in [-0.15, -0.1) is 0 Å². The van der Waals surface area contributed by atoms with Crippen molar-refractivity contribution >= 4 is 12.0 Å². The molecule has 0 fully saturated rings. The zero-order valence-electron chi connectivity index (χ0n) is 12.5. The molecule has 0 aliphatic carbocycles. The number of allylic oxidation sites excluding steroid dienone is 1. The van der Waals surface area contributed by atoms with Crippen molar-refractivity contribution in [2.75, 3.05) is 7.11 Å². The van der Waals surface area contributed by atoms with Gasteiger partial charge in [0, 0.05) is 0 Å². The van der Waals surface area contributed by atoms with Crippen molar-refractivity contribution < 1.29 is 14.6 Å². The van der Waals surface area contributed by atoms with E-state index in [1.807, 2.05) is 39.0 Å². The van der Waals surface area contributed by atoms with Gasteiger partial charge in [-0.1, -0.05) is 11.6 Å². The topological polar surface area (TPSA) is 64.4 Å². The Hall–Kier alpha value is -2.56. The minimum Gasteiger partial charge on any atom is -0.494 e. The molecule has 110 valence electrons. The number of benzene rings is 1. The van der Waals surface area contributed by atoms with Crippen molar-refractivity contribution in [1.82, 2.24) is 9.78 Å². The number of hydrogen-bond donors (Lipinski definition) is 1. The lowest BCUT2D eigenvalue weighted by Crippen LogP contribution is -2.05. The Morgan fingerprint density at radius 3 is 2.67 bits per heavy atom. The normalized spacial score (nSPS) is 10.3. The lowest BCUT2D eigenvalue weighted by molar-refractivity contribution is 0.0696. The predicted octanol–water partition coefficient (Wildman–Crippen LogP) is 3.31. The van der Waals surface area contributed by atoms with E-state index in [4.69, 9.17) is 4.74 Å². The Morgan fingerprint density at radius 2 is 2.10 bits per heavy atom. The zero-order chi connectivity index (χ0) is 15.6. The molecule has 5 nitrogen and oxygen atoms in total. The molecule has 1 aromatic carbocycles. The number of carbonyl (C=O) groups is 1. The van der Waals surface area contributed by atoms with E-state index >= 15 is 0 Å². The third-order valence-electron chi connectivity index (χ3n) is 3.02. The Bertz CT molecular complexity index is 710. The first-order chi connectivity index (χ1) is 9.93. The van der Waals surface area contributed by atoms with Crippen LogP contribution >= 0.6 is 0 Å². The maximum atomic E-state index is 11.4. The minimum absolute atomic E-state index is 0.166. The number of aromatic nitrogens is 2. The standard InChI is InChI=1S/C16H18N2O3/c1-10(2)7-13-12(16(19)20)9-17-18(13)14-8-11(3)5-6-15(14)21-4/h5-9H,1-4H3,(H,19,20). The summed E-state index contributed by atoms with van der Waals surface area (Å²) in [6.07, 6.45) is 3.16. The molecular weight excluding hydrogens is 268 g/mol. The second-order valence-electron chi connectivity index (χ2n) is 5.06. The van der Waals surface area contributed by atoms with E-state index in [9.17, 15) is 9.90 Å². The van der Waals surface area contributed by atoms with Gasteiger partial charge in [0.05, 0.1) is 19.0 Å². The van der Waals surface area contributed by atoms with Crippen molar-refractivity contribution in [2.45, 2.75) is 20.8 Å². The van der Waals surface area contributed by atoms with E-state index in [0.29, 0.717) is 11.4 Å². The number of rotatable bonds is 4. The summed E-state index contributed by atoms with van der Waals surface area (Å²) in [5.74, 6) is -0.357. The molecule has 2 aromatic rings. The van der Waals surface area contributed by atoms with Crippen LogP contribution in [0.2, 0.25) is 0 Å². The van der Waals surface area contributed by atoms with Gasteiger partial charge in [0.2, 0.25) is 0 Å². The smallest absolute Gasteiger partial charge is 0.339 e. The quantitative estimate of drug-likeness (QED) is 0.936. The third-order valence-corrected chi connectivity index (χ3v) is 3.02. The largest absolute Gasteiger partial charge is 0.494 e. The van der Waals surface area contributed by atoms with Crippen LogP contribution in [-0.2, 0) is 0 Å². The van der Waals surface area contributed by atoms with Gasteiger partial charge in [-0.25, -0.2) is 9.48 Å². The van der Waals surface area contributed by atoms with E-state index in [1.54, 1.807) is 17.9 Å². The lowest BCUT2D eigenvalue weighted by atomic mass is 10.1. The molecule has 0 saturated heterocycles. The van der Waals surface area contributed by atoms with Crippen molar-refractivity contribution in [3.8, 4) is 11.4 Å². The summed E-state index contributed by atoms with van der Waals surface area (Å²) >= 11 is 0. The molecule has 0 amide bonds. The monoisotopic (exact) mass is 286 g/mol. The molecule has 0 bridgehead atoms. The Labute approximate surface area is 123 Å². The van der Waals surface area contributed by atoms with Gasteiger partial charge in [-0.05, 0) is 44.5 Å². The Morgan fingerprint density at radius 1 is 1.38 bits per heavy atom. The van der Waals surface area contributed by atoms with Crippen LogP contribution in [-0.4, -0.2) is 28.0 Å². The summed E-state index contributed by atoms with van der Waals surface area (Å²) in [6.45, 7) is 5.79. The summed E-state index contributed by atoms with van der Waals surface area (Å²) in [5.41, 5.74) is 3.45. The number of ether oxygens (including phenoxy) is 1. The maximum Gasteiger partial charge on any atom is 0.339 e. The molecule has 0 aliphatic rings. The second-order valence-corrected chi connectivity index (χ2v) is 5.06. The summed E-state index contributed by atoms with van der Waals surface area (Å²) < 4.78 is 6.95. The maximum absolute atomic E-state index is 11.4. The number of aromatic carboxylic acids is 1. The van der Waals surface area contributed by atoms with Gasteiger partial charge in [-0.3, -0.25) is 0 Å². The van der Waals surface area contributed by atoms with Crippen molar-refractivity contribution in [3.63, 3.8) is 0 Å². The molecule has 1 aromatic heterocycles. The highest BCUT2D eigenvalue weighted by molar-refractivity contribution is 5.91. The van der Waals surface area contributed by atoms with Crippen LogP contribution < -0.4 is 4.74 Å². The molecule has 21 heavy (non-hydrogen) atoms. The van der Waals surface area contributed by atoms with E-state index in [-0.39, 0.29) is 5.56 Å². The second kappa shape index (κ2) is 5.83. The number of methoxy groups -OCH3 is 1. The van der Waals surface area contributed by atoms with Crippen molar-refractivity contribution in [3.05, 3.63) is 46.8 Å². The van der Waals surface area contributed by atoms with Crippen LogP contribution in [0.1, 0.15) is 35.5 Å². The SMILES string of the molecule is COc1ccc(C)cc1-n1ncc(C(=O)O)c1C=C(C)C. The van der Waals surface area contributed by atoms with Crippen molar-refractivity contribution in [2.24, 2.45) is 0 Å². The molecule has 5 heteroatoms. The molecule has 0 atom stereocenters. The van der Waals surface area contributed by atoms with Gasteiger partial charge in [0.15, 0.2) is 0 Å². The minimum atomic E-state index is -1.000. The number of carboxylic acid groups (broad SMARTS) is 1. The molecule has 1 N–H and O–H groups in total. The third kappa shape index (κ3) is 2.97. The number of hydrogen-bond acceptors (Lipinski definition) is 3. The molecule has 0 spiro atoms. The molecule has 1 heterocycles. The van der Waals surface area contributed by atoms with Gasteiger partial charge >= 0.3 is 5.97 Å². The molecule has 0 unspecified atom stereocenters. The molecule has 0 saturated carbocycles. The molecule has 0 aliphatic heterocycles. The van der Waals surface area contributed by atoms with Gasteiger partial charge in [-0.2, -0.15) is 5.10 Å². The Balaban J connectivity index is 2.73. The summed E-state index contributed by atoms with van der Waals surface area (Å²) in [5, 5.41) is 13.5. The predicted molar refractivity (Wildman–Crippen MR) is 81.1 cm³/mol. The zero-order valence-corrected chi connectivity index (χ0v) is 12.5. The highest BCUT2D eigenvalue weighted by Crippen LogP contribution is 2.27. The van der Waals surface area contributed by atoms with E-state index in [0.717, 1.165) is 16.8 Å². The number of aryl methyl sites for hydroxylation is 1. The first kappa shape index (κ1) is 14.8. The van der Waals surface area contributed by atoms with Gasteiger partial charge < -0.3 is 9.84 Å². The van der Waals surface area contributed by atoms with Crippen molar-refractivity contribution in [1.29, 1.82) is 0 Å². The fourth-order valence-electron chi connectivity index (χ4n) is 2.09. The fraction of sp³-hybridized carbons (Fsp3) is 0.250. The summed E-state index contributed by atoms with van der Waals surface area (Å²) in [6, 6.07) is 5.70. The fourth-order valence-corrected chi connectivity index (χ4v) is 2.09. The average molecular weight is 286 g/mol. The Kier molecular flexibility index (Phi) is 4.12. The number of carboxylic acids is 1. The van der Waals surface area contributed by atoms with Crippen LogP contribution in [0.15, 0.2) is 30.0 Å². The first-order valence-electron chi connectivity index (χ1n) is 6.55. The first-order valence-corrected chi connectivity index (χ1v) is 6.55. The average Bonchev–Trinajstić information content (AvgIpc) is 2.81. The highest BCUT2D eigenvalue weighted by Gasteiger charge is 2.18. The van der Waals surface area contributed by atoms with E-state index in [2.05, 4.69) is 5.10 Å².